The molecule has 2 N–H and O–H groups in total. The fraction of sp³-hybridized carbons (Fsp3) is 0.278. The first-order valence-corrected chi connectivity index (χ1v) is 9.81. The van der Waals surface area contributed by atoms with Crippen LogP contribution in [0.25, 0.3) is 0 Å². The summed E-state index contributed by atoms with van der Waals surface area (Å²) in [7, 11) is 0.424. The Labute approximate surface area is 152 Å². The van der Waals surface area contributed by atoms with Crippen molar-refractivity contribution in [2.45, 2.75) is 6.42 Å². The molecule has 1 fully saturated rings. The predicted molar refractivity (Wildman–Crippen MR) is 103 cm³/mol. The highest BCUT2D eigenvalue weighted by molar-refractivity contribution is 7.93. The lowest BCUT2D eigenvalue weighted by molar-refractivity contribution is 0.102. The quantitative estimate of drug-likeness (QED) is 0.800. The van der Waals surface area contributed by atoms with Gasteiger partial charge in [0.2, 0.25) is 10.0 Å². The number of anilines is 3. The van der Waals surface area contributed by atoms with Crippen molar-refractivity contribution in [2.24, 2.45) is 0 Å². The van der Waals surface area contributed by atoms with E-state index in [1.54, 1.807) is 18.2 Å². The van der Waals surface area contributed by atoms with Crippen LogP contribution in [0, 0.1) is 0 Å². The minimum atomic E-state index is -3.33. The first-order chi connectivity index (χ1) is 12.3. The van der Waals surface area contributed by atoms with Crippen molar-refractivity contribution in [3.05, 3.63) is 48.0 Å². The van der Waals surface area contributed by atoms with Gasteiger partial charge in [0.15, 0.2) is 0 Å². The summed E-state index contributed by atoms with van der Waals surface area (Å²) in [6.07, 6.45) is 0.558. The zero-order chi connectivity index (χ0) is 18.9. The number of carbonyl (C=O) groups is 1. The largest absolute Gasteiger partial charge is 0.506 e. The Morgan fingerprint density at radius 2 is 1.96 bits per heavy atom. The topological polar surface area (TPSA) is 90.0 Å². The van der Waals surface area contributed by atoms with E-state index in [1.165, 1.54) is 22.5 Å². The molecule has 8 heteroatoms. The Kier molecular flexibility index (Phi) is 4.78. The van der Waals surface area contributed by atoms with Crippen molar-refractivity contribution in [3.8, 4) is 5.75 Å². The highest BCUT2D eigenvalue weighted by Crippen LogP contribution is 2.32. The number of hydrogen-bond donors (Lipinski definition) is 2. The van der Waals surface area contributed by atoms with E-state index in [0.717, 1.165) is 5.69 Å². The average Bonchev–Trinajstić information content (AvgIpc) is 2.96. The van der Waals surface area contributed by atoms with E-state index in [2.05, 4.69) is 5.32 Å². The molecular weight excluding hydrogens is 354 g/mol. The highest BCUT2D eigenvalue weighted by Gasteiger charge is 2.29. The maximum absolute atomic E-state index is 12.5. The van der Waals surface area contributed by atoms with Crippen molar-refractivity contribution in [1.82, 2.24) is 0 Å². The molecule has 1 heterocycles. The second kappa shape index (κ2) is 6.87. The molecule has 7 nitrogen and oxygen atoms in total. The summed E-state index contributed by atoms with van der Waals surface area (Å²) in [4.78, 5) is 14.4. The van der Waals surface area contributed by atoms with Crippen molar-refractivity contribution in [2.75, 3.05) is 40.9 Å². The van der Waals surface area contributed by atoms with Gasteiger partial charge in [0.05, 0.1) is 17.1 Å². The summed E-state index contributed by atoms with van der Waals surface area (Å²) >= 11 is 0. The lowest BCUT2D eigenvalue weighted by atomic mass is 10.1. The van der Waals surface area contributed by atoms with Crippen LogP contribution < -0.4 is 14.5 Å². The molecule has 3 rings (SSSR count). The molecule has 2 aromatic rings. The number of rotatable bonds is 4. The SMILES string of the molecule is CN(C)c1cccc(C(=O)Nc2cc(N3CCCS3(=O)=O)ccc2O)c1. The summed E-state index contributed by atoms with van der Waals surface area (Å²) in [6, 6.07) is 11.5. The maximum Gasteiger partial charge on any atom is 0.255 e. The fourth-order valence-corrected chi connectivity index (χ4v) is 4.38. The third-order valence-corrected chi connectivity index (χ3v) is 6.11. The molecule has 0 unspecified atom stereocenters. The lowest BCUT2D eigenvalue weighted by Crippen LogP contribution is -2.25. The zero-order valence-electron chi connectivity index (χ0n) is 14.6. The molecular formula is C18H21N3O4S. The molecule has 1 aliphatic rings. The van der Waals surface area contributed by atoms with Gasteiger partial charge < -0.3 is 15.3 Å². The summed E-state index contributed by atoms with van der Waals surface area (Å²) in [5, 5.41) is 12.7. The Morgan fingerprint density at radius 1 is 1.19 bits per heavy atom. The number of nitrogens with one attached hydrogen (secondary N) is 1. The summed E-state index contributed by atoms with van der Waals surface area (Å²) < 4.78 is 25.5. The van der Waals surface area contributed by atoms with Crippen LogP contribution in [0.3, 0.4) is 0 Å². The lowest BCUT2D eigenvalue weighted by Gasteiger charge is -2.18. The second-order valence-corrected chi connectivity index (χ2v) is 8.35. The highest BCUT2D eigenvalue weighted by atomic mass is 32.2. The van der Waals surface area contributed by atoms with Crippen molar-refractivity contribution in [3.63, 3.8) is 0 Å². The van der Waals surface area contributed by atoms with Gasteiger partial charge in [0.1, 0.15) is 5.75 Å². The normalized spacial score (nSPS) is 15.7. The Balaban J connectivity index is 1.87. The first-order valence-electron chi connectivity index (χ1n) is 8.20. The van der Waals surface area contributed by atoms with Crippen molar-refractivity contribution in [1.29, 1.82) is 0 Å². The number of benzene rings is 2. The number of phenolic OH excluding ortho intramolecular Hbond substituents is 1. The molecule has 0 saturated carbocycles. The third kappa shape index (κ3) is 3.60. The molecule has 1 amide bonds. The van der Waals surface area contributed by atoms with Crippen LogP contribution in [-0.4, -0.2) is 45.8 Å². The molecule has 0 atom stereocenters. The second-order valence-electron chi connectivity index (χ2n) is 6.34. The molecule has 0 spiro atoms. The smallest absolute Gasteiger partial charge is 0.255 e. The molecule has 0 radical (unpaired) electrons. The van der Waals surface area contributed by atoms with Crippen LogP contribution >= 0.6 is 0 Å². The van der Waals surface area contributed by atoms with Gasteiger partial charge in [-0.3, -0.25) is 9.10 Å². The van der Waals surface area contributed by atoms with Crippen LogP contribution in [0.2, 0.25) is 0 Å². The van der Waals surface area contributed by atoms with Crippen LogP contribution in [0.4, 0.5) is 17.1 Å². The van der Waals surface area contributed by atoms with Crippen LogP contribution in [0.5, 0.6) is 5.75 Å². The Hall–Kier alpha value is -2.74. The predicted octanol–water partition coefficient (Wildman–Crippen LogP) is 2.25. The number of aromatic hydroxyl groups is 1. The number of hydrogen-bond acceptors (Lipinski definition) is 5. The molecule has 1 aliphatic heterocycles. The minimum Gasteiger partial charge on any atom is -0.506 e. The number of carbonyl (C=O) groups excluding carboxylic acids is 1. The van der Waals surface area contributed by atoms with E-state index in [9.17, 15) is 18.3 Å². The van der Waals surface area contributed by atoms with Gasteiger partial charge in [-0.1, -0.05) is 6.07 Å². The molecule has 0 aliphatic carbocycles. The van der Waals surface area contributed by atoms with Gasteiger partial charge in [-0.2, -0.15) is 0 Å². The number of sulfonamides is 1. The van der Waals surface area contributed by atoms with Gasteiger partial charge in [0, 0.05) is 31.9 Å². The van der Waals surface area contributed by atoms with Crippen LogP contribution in [0.15, 0.2) is 42.5 Å². The number of amides is 1. The molecule has 1 saturated heterocycles. The molecule has 2 aromatic carbocycles. The number of phenols is 1. The monoisotopic (exact) mass is 375 g/mol. The van der Waals surface area contributed by atoms with Gasteiger partial charge in [-0.05, 0) is 42.8 Å². The average molecular weight is 375 g/mol. The molecule has 0 bridgehead atoms. The van der Waals surface area contributed by atoms with Gasteiger partial charge >= 0.3 is 0 Å². The summed E-state index contributed by atoms with van der Waals surface area (Å²) in [6.45, 7) is 0.394. The van der Waals surface area contributed by atoms with Crippen LogP contribution in [0.1, 0.15) is 16.8 Å². The van der Waals surface area contributed by atoms with Crippen molar-refractivity contribution >= 4 is 33.0 Å². The van der Waals surface area contributed by atoms with E-state index < -0.39 is 10.0 Å². The summed E-state index contributed by atoms with van der Waals surface area (Å²) in [5.41, 5.74) is 1.91. The van der Waals surface area contributed by atoms with E-state index in [0.29, 0.717) is 24.2 Å². The molecule has 138 valence electrons. The zero-order valence-corrected chi connectivity index (χ0v) is 15.5. The van der Waals surface area contributed by atoms with E-state index >= 15 is 0 Å². The fourth-order valence-electron chi connectivity index (χ4n) is 2.83. The number of nitrogens with zero attached hydrogens (tertiary/aromatic N) is 2. The van der Waals surface area contributed by atoms with E-state index in [4.69, 9.17) is 0 Å². The van der Waals surface area contributed by atoms with Gasteiger partial charge in [-0.15, -0.1) is 0 Å². The molecule has 26 heavy (non-hydrogen) atoms. The molecule has 0 aromatic heterocycles. The maximum atomic E-state index is 12.5. The minimum absolute atomic E-state index is 0.104. The van der Waals surface area contributed by atoms with Crippen LogP contribution in [-0.2, 0) is 10.0 Å². The Bertz CT molecular complexity index is 941. The van der Waals surface area contributed by atoms with Gasteiger partial charge in [0.25, 0.3) is 5.91 Å². The third-order valence-electron chi connectivity index (χ3n) is 4.24. The Morgan fingerprint density at radius 3 is 2.62 bits per heavy atom. The first kappa shape index (κ1) is 18.1. The van der Waals surface area contributed by atoms with E-state index in [1.807, 2.05) is 25.1 Å². The van der Waals surface area contributed by atoms with Crippen molar-refractivity contribution < 1.29 is 18.3 Å². The van der Waals surface area contributed by atoms with E-state index in [-0.39, 0.29) is 23.1 Å². The van der Waals surface area contributed by atoms with Gasteiger partial charge in [-0.25, -0.2) is 8.42 Å². The standard InChI is InChI=1S/C18H21N3O4S/c1-20(2)14-6-3-5-13(11-14)18(23)19-16-12-15(7-8-17(16)22)21-9-4-10-26(21,24)25/h3,5-8,11-12,22H,4,9-10H2,1-2H3,(H,19,23). The summed E-state index contributed by atoms with van der Waals surface area (Å²) in [5.74, 6) is -0.403.